The molecule has 1 aliphatic heterocycles. The van der Waals surface area contributed by atoms with Crippen LogP contribution in [0.3, 0.4) is 0 Å². The Balaban J connectivity index is 1.77. The minimum Gasteiger partial charge on any atom is -0.356 e. The topological polar surface area (TPSA) is 189 Å². The standard InChI is InChI=1S/C37H55N7O5/c1-26(2)23-31(35(47)41-30(17-9-10-19-38)37(49)44-21-11-18-33(45)40-20-12-22-44)43-36(48)32(25-28-15-7-4-8-16-28)42-34(46)29(39)24-27-13-5-3-6-14-27/h3-8,13-16,26,29-32H,9-12,17-25,38-39H2,1-2H3,(H,40,45)(H,41,47)(H,42,46)(H,43,48)/t29-,30-,31-,32-/m1/s1. The van der Waals surface area contributed by atoms with Crippen molar-refractivity contribution >= 4 is 29.5 Å². The van der Waals surface area contributed by atoms with Gasteiger partial charge in [0.15, 0.2) is 0 Å². The zero-order valence-electron chi connectivity index (χ0n) is 29.0. The lowest BCUT2D eigenvalue weighted by molar-refractivity contribution is -0.138. The number of hydrogen-bond donors (Lipinski definition) is 6. The Morgan fingerprint density at radius 1 is 0.776 bits per heavy atom. The molecule has 0 saturated carbocycles. The van der Waals surface area contributed by atoms with E-state index >= 15 is 0 Å². The zero-order valence-corrected chi connectivity index (χ0v) is 29.0. The molecular formula is C37H55N7O5. The Morgan fingerprint density at radius 2 is 1.35 bits per heavy atom. The number of nitrogens with one attached hydrogen (secondary N) is 4. The molecule has 1 heterocycles. The summed E-state index contributed by atoms with van der Waals surface area (Å²) in [7, 11) is 0. The third-order valence-electron chi connectivity index (χ3n) is 8.52. The van der Waals surface area contributed by atoms with E-state index in [-0.39, 0.29) is 24.2 Å². The van der Waals surface area contributed by atoms with Gasteiger partial charge in [-0.05, 0) is 68.5 Å². The molecule has 12 heteroatoms. The number of hydrogen-bond acceptors (Lipinski definition) is 7. The fraction of sp³-hybridized carbons (Fsp3) is 0.541. The number of rotatable bonds is 17. The molecule has 2 aromatic rings. The highest BCUT2D eigenvalue weighted by Crippen LogP contribution is 2.13. The average molecular weight is 678 g/mol. The van der Waals surface area contributed by atoms with Crippen molar-refractivity contribution in [2.24, 2.45) is 17.4 Å². The molecule has 0 radical (unpaired) electrons. The highest BCUT2D eigenvalue weighted by atomic mass is 16.2. The fourth-order valence-corrected chi connectivity index (χ4v) is 5.87. The maximum Gasteiger partial charge on any atom is 0.245 e. The van der Waals surface area contributed by atoms with Crippen molar-refractivity contribution in [2.75, 3.05) is 26.2 Å². The maximum atomic E-state index is 13.9. The van der Waals surface area contributed by atoms with Gasteiger partial charge in [-0.15, -0.1) is 0 Å². The molecule has 268 valence electrons. The summed E-state index contributed by atoms with van der Waals surface area (Å²) < 4.78 is 0. The van der Waals surface area contributed by atoms with Crippen LogP contribution in [-0.2, 0) is 36.8 Å². The molecule has 8 N–H and O–H groups in total. The molecule has 4 atom stereocenters. The molecule has 12 nitrogen and oxygen atoms in total. The lowest BCUT2D eigenvalue weighted by Gasteiger charge is -2.30. The van der Waals surface area contributed by atoms with Crippen molar-refractivity contribution in [3.8, 4) is 0 Å². The van der Waals surface area contributed by atoms with Gasteiger partial charge in [0.05, 0.1) is 6.04 Å². The summed E-state index contributed by atoms with van der Waals surface area (Å²) in [6, 6.07) is 15.1. The summed E-state index contributed by atoms with van der Waals surface area (Å²) in [6.45, 7) is 5.70. The van der Waals surface area contributed by atoms with E-state index < -0.39 is 41.9 Å². The van der Waals surface area contributed by atoms with Gasteiger partial charge >= 0.3 is 0 Å². The van der Waals surface area contributed by atoms with Crippen LogP contribution in [-0.4, -0.2) is 84.8 Å². The zero-order chi connectivity index (χ0) is 35.6. The molecule has 1 aliphatic rings. The normalized spacial score (nSPS) is 16.2. The van der Waals surface area contributed by atoms with Gasteiger partial charge < -0.3 is 37.6 Å². The lowest BCUT2D eigenvalue weighted by atomic mass is 9.99. The third-order valence-corrected chi connectivity index (χ3v) is 8.52. The SMILES string of the molecule is CC(C)C[C@@H](NC(=O)[C@@H](Cc1ccccc1)NC(=O)[C@H](N)Cc1ccccc1)C(=O)N[C@H](CCCCN)C(=O)N1CCCNC(=O)CCC1. The van der Waals surface area contributed by atoms with Crippen LogP contribution in [0.25, 0.3) is 0 Å². The van der Waals surface area contributed by atoms with Gasteiger partial charge in [-0.25, -0.2) is 0 Å². The van der Waals surface area contributed by atoms with Crippen LogP contribution >= 0.6 is 0 Å². The molecule has 49 heavy (non-hydrogen) atoms. The Bertz CT molecular complexity index is 1340. The van der Waals surface area contributed by atoms with Crippen molar-refractivity contribution in [3.05, 3.63) is 71.8 Å². The smallest absolute Gasteiger partial charge is 0.245 e. The van der Waals surface area contributed by atoms with Gasteiger partial charge in [-0.1, -0.05) is 74.5 Å². The number of benzene rings is 2. The van der Waals surface area contributed by atoms with Gasteiger partial charge in [-0.3, -0.25) is 24.0 Å². The summed E-state index contributed by atoms with van der Waals surface area (Å²) in [5.74, 6) is -1.68. The Hall–Kier alpha value is -4.29. The Kier molecular flexibility index (Phi) is 16.7. The van der Waals surface area contributed by atoms with E-state index in [2.05, 4.69) is 21.3 Å². The van der Waals surface area contributed by atoms with Gasteiger partial charge in [-0.2, -0.15) is 0 Å². The molecule has 0 bridgehead atoms. The fourth-order valence-electron chi connectivity index (χ4n) is 5.87. The lowest BCUT2D eigenvalue weighted by Crippen LogP contribution is -2.58. The molecule has 0 unspecified atom stereocenters. The first-order valence-corrected chi connectivity index (χ1v) is 17.6. The molecule has 1 saturated heterocycles. The largest absolute Gasteiger partial charge is 0.356 e. The van der Waals surface area contributed by atoms with Crippen LogP contribution in [0, 0.1) is 5.92 Å². The van der Waals surface area contributed by atoms with E-state index in [4.69, 9.17) is 11.5 Å². The molecule has 0 aromatic heterocycles. The predicted molar refractivity (Wildman–Crippen MR) is 190 cm³/mol. The predicted octanol–water partition coefficient (Wildman–Crippen LogP) is 1.56. The van der Waals surface area contributed by atoms with E-state index in [0.717, 1.165) is 11.1 Å². The minimum absolute atomic E-state index is 0.0331. The third kappa shape index (κ3) is 14.0. The molecule has 3 rings (SSSR count). The summed E-state index contributed by atoms with van der Waals surface area (Å²) in [5, 5.41) is 11.5. The van der Waals surface area contributed by atoms with E-state index in [1.54, 1.807) is 4.90 Å². The molecule has 1 fully saturated rings. The first-order valence-electron chi connectivity index (χ1n) is 17.6. The highest BCUT2D eigenvalue weighted by molar-refractivity contribution is 5.95. The van der Waals surface area contributed by atoms with Crippen LogP contribution in [0.2, 0.25) is 0 Å². The molecule has 0 spiro atoms. The van der Waals surface area contributed by atoms with E-state index in [9.17, 15) is 24.0 Å². The number of nitrogens with zero attached hydrogens (tertiary/aromatic N) is 1. The second kappa shape index (κ2) is 20.9. The van der Waals surface area contributed by atoms with Crippen molar-refractivity contribution in [3.63, 3.8) is 0 Å². The quantitative estimate of drug-likeness (QED) is 0.137. The van der Waals surface area contributed by atoms with Crippen LogP contribution < -0.4 is 32.7 Å². The Labute approximate surface area is 290 Å². The molecular weight excluding hydrogens is 622 g/mol. The summed E-state index contributed by atoms with van der Waals surface area (Å²) >= 11 is 0. The monoisotopic (exact) mass is 677 g/mol. The van der Waals surface area contributed by atoms with Crippen LogP contribution in [0.15, 0.2) is 60.7 Å². The number of nitrogens with two attached hydrogens (primary N) is 2. The molecule has 2 aromatic carbocycles. The number of unbranched alkanes of at least 4 members (excludes halogenated alkanes) is 1. The maximum absolute atomic E-state index is 13.9. The number of amides is 5. The summed E-state index contributed by atoms with van der Waals surface area (Å²) in [4.78, 5) is 68.5. The highest BCUT2D eigenvalue weighted by Gasteiger charge is 2.32. The van der Waals surface area contributed by atoms with Crippen LogP contribution in [0.5, 0.6) is 0 Å². The van der Waals surface area contributed by atoms with E-state index in [0.29, 0.717) is 77.5 Å². The van der Waals surface area contributed by atoms with Gasteiger partial charge in [0.25, 0.3) is 0 Å². The van der Waals surface area contributed by atoms with Crippen molar-refractivity contribution in [2.45, 2.75) is 95.8 Å². The van der Waals surface area contributed by atoms with Gasteiger partial charge in [0.2, 0.25) is 29.5 Å². The van der Waals surface area contributed by atoms with Gasteiger partial charge in [0, 0.05) is 32.5 Å². The second-order valence-corrected chi connectivity index (χ2v) is 13.2. The van der Waals surface area contributed by atoms with E-state index in [1.165, 1.54) is 0 Å². The minimum atomic E-state index is -0.998. The van der Waals surface area contributed by atoms with Crippen LogP contribution in [0.1, 0.15) is 69.9 Å². The van der Waals surface area contributed by atoms with Crippen LogP contribution in [0.4, 0.5) is 0 Å². The Morgan fingerprint density at radius 3 is 1.98 bits per heavy atom. The van der Waals surface area contributed by atoms with E-state index in [1.807, 2.05) is 74.5 Å². The number of carbonyl (C=O) groups excluding carboxylic acids is 5. The summed E-state index contributed by atoms with van der Waals surface area (Å²) in [6.07, 6.45) is 3.99. The molecule has 0 aliphatic carbocycles. The summed E-state index contributed by atoms with van der Waals surface area (Å²) in [5.41, 5.74) is 13.7. The van der Waals surface area contributed by atoms with Gasteiger partial charge in [0.1, 0.15) is 18.1 Å². The van der Waals surface area contributed by atoms with Crippen molar-refractivity contribution in [1.29, 1.82) is 0 Å². The molecule has 5 amide bonds. The second-order valence-electron chi connectivity index (χ2n) is 13.2. The first-order chi connectivity index (χ1) is 23.6. The first kappa shape index (κ1) is 39.2. The average Bonchev–Trinajstić information content (AvgIpc) is 3.19. The number of carbonyl (C=O) groups is 5. The van der Waals surface area contributed by atoms with Crippen molar-refractivity contribution < 1.29 is 24.0 Å². The van der Waals surface area contributed by atoms with Crippen molar-refractivity contribution in [1.82, 2.24) is 26.2 Å².